The molecule has 0 amide bonds. The Balaban J connectivity index is 4.70. The van der Waals surface area contributed by atoms with Crippen molar-refractivity contribution in [2.75, 3.05) is 26.8 Å². The van der Waals surface area contributed by atoms with Gasteiger partial charge in [-0.1, -0.05) is 20.8 Å². The predicted molar refractivity (Wildman–Crippen MR) is 73.8 cm³/mol. The van der Waals surface area contributed by atoms with Gasteiger partial charge in [-0.05, 0) is 39.3 Å². The van der Waals surface area contributed by atoms with E-state index in [-0.39, 0.29) is 11.6 Å². The van der Waals surface area contributed by atoms with E-state index in [2.05, 4.69) is 44.9 Å². The molecule has 0 aromatic rings. The fraction of sp³-hybridized carbons (Fsp3) is 1.00. The summed E-state index contributed by atoms with van der Waals surface area (Å²) in [4.78, 5) is 2.45. The number of ether oxygens (including phenoxy) is 1. The average molecular weight is 245 g/mol. The van der Waals surface area contributed by atoms with Gasteiger partial charge in [0.2, 0.25) is 0 Å². The number of rotatable bonds is 9. The second kappa shape index (κ2) is 8.03. The maximum atomic E-state index is 5.76. The quantitative estimate of drug-likeness (QED) is 0.479. The summed E-state index contributed by atoms with van der Waals surface area (Å²) >= 11 is 0. The minimum atomic E-state index is 0.0470. The summed E-state index contributed by atoms with van der Waals surface area (Å²) in [6.45, 7) is 14.0. The van der Waals surface area contributed by atoms with Crippen molar-refractivity contribution >= 4 is 0 Å². The van der Waals surface area contributed by atoms with Crippen molar-refractivity contribution in [2.24, 2.45) is 11.8 Å². The van der Waals surface area contributed by atoms with Gasteiger partial charge in [0.05, 0.1) is 0 Å². The molecule has 17 heavy (non-hydrogen) atoms. The molecule has 0 aromatic carbocycles. The lowest BCUT2D eigenvalue weighted by Crippen LogP contribution is -2.61. The van der Waals surface area contributed by atoms with Crippen LogP contribution < -0.4 is 11.3 Å². The van der Waals surface area contributed by atoms with Crippen LogP contribution in [0, 0.1) is 5.92 Å². The summed E-state index contributed by atoms with van der Waals surface area (Å²) in [6.07, 6.45) is 1.02. The number of hydrogen-bond donors (Lipinski definition) is 2. The van der Waals surface area contributed by atoms with Crippen molar-refractivity contribution in [3.63, 3.8) is 0 Å². The van der Waals surface area contributed by atoms with Gasteiger partial charge in [0.1, 0.15) is 0 Å². The molecule has 0 fully saturated rings. The highest BCUT2D eigenvalue weighted by Crippen LogP contribution is 2.25. The second-order valence-electron chi connectivity index (χ2n) is 5.23. The number of methoxy groups -OCH3 is 1. The number of nitrogens with one attached hydrogen (secondary N) is 1. The molecule has 0 radical (unpaired) electrons. The molecule has 3 N–H and O–H groups in total. The normalized spacial score (nSPS) is 16.2. The number of hydrazine groups is 1. The first-order chi connectivity index (χ1) is 7.95. The van der Waals surface area contributed by atoms with Gasteiger partial charge in [0.15, 0.2) is 0 Å². The van der Waals surface area contributed by atoms with E-state index in [4.69, 9.17) is 10.6 Å². The van der Waals surface area contributed by atoms with E-state index < -0.39 is 0 Å². The van der Waals surface area contributed by atoms with Crippen molar-refractivity contribution in [2.45, 2.75) is 52.6 Å². The van der Waals surface area contributed by atoms with Crippen LogP contribution in [0.4, 0.5) is 0 Å². The van der Waals surface area contributed by atoms with Crippen molar-refractivity contribution in [1.29, 1.82) is 0 Å². The number of likely N-dealkylation sites (N-methyl/N-ethyl adjacent to an activating group) is 1. The van der Waals surface area contributed by atoms with E-state index in [0.29, 0.717) is 5.92 Å². The summed E-state index contributed by atoms with van der Waals surface area (Å²) in [5.41, 5.74) is 3.05. The van der Waals surface area contributed by atoms with Crippen molar-refractivity contribution < 1.29 is 4.74 Å². The molecule has 0 rings (SSSR count). The molecule has 0 heterocycles. The Labute approximate surface area is 107 Å². The van der Waals surface area contributed by atoms with Gasteiger partial charge in [-0.3, -0.25) is 16.2 Å². The molecule has 4 heteroatoms. The lowest BCUT2D eigenvalue weighted by molar-refractivity contribution is 0.0585. The fourth-order valence-electron chi connectivity index (χ4n) is 2.77. The predicted octanol–water partition coefficient (Wildman–Crippen LogP) is 1.61. The highest BCUT2D eigenvalue weighted by atomic mass is 16.5. The molecule has 0 aliphatic heterocycles. The fourth-order valence-corrected chi connectivity index (χ4v) is 2.77. The first-order valence-corrected chi connectivity index (χ1v) is 6.65. The van der Waals surface area contributed by atoms with Crippen LogP contribution in [-0.2, 0) is 4.74 Å². The molecule has 0 bridgehead atoms. The van der Waals surface area contributed by atoms with E-state index in [0.717, 1.165) is 26.1 Å². The zero-order chi connectivity index (χ0) is 13.5. The Hall–Kier alpha value is -0.160. The molecular formula is C13H31N3O. The molecule has 0 saturated carbocycles. The summed E-state index contributed by atoms with van der Waals surface area (Å²) in [5, 5.41) is 0. The third-order valence-corrected chi connectivity index (χ3v) is 3.87. The average Bonchev–Trinajstić information content (AvgIpc) is 2.28. The number of hydrogen-bond acceptors (Lipinski definition) is 4. The van der Waals surface area contributed by atoms with E-state index in [9.17, 15) is 0 Å². The Morgan fingerprint density at radius 1 is 1.29 bits per heavy atom. The first-order valence-electron chi connectivity index (χ1n) is 6.65. The SMILES string of the molecule is CCN(CC)C(C)(C)C(NN)C(C)CCOC. The van der Waals surface area contributed by atoms with E-state index in [1.807, 2.05) is 0 Å². The number of nitrogens with zero attached hydrogens (tertiary/aromatic N) is 1. The van der Waals surface area contributed by atoms with Crippen LogP contribution in [0.1, 0.15) is 41.0 Å². The third-order valence-electron chi connectivity index (χ3n) is 3.87. The lowest BCUT2D eigenvalue weighted by atomic mass is 9.82. The maximum absolute atomic E-state index is 5.76. The van der Waals surface area contributed by atoms with Gasteiger partial charge in [0.25, 0.3) is 0 Å². The van der Waals surface area contributed by atoms with Crippen LogP contribution >= 0.6 is 0 Å². The van der Waals surface area contributed by atoms with Gasteiger partial charge in [0, 0.05) is 25.3 Å². The zero-order valence-corrected chi connectivity index (χ0v) is 12.4. The third kappa shape index (κ3) is 4.54. The Bertz CT molecular complexity index is 193. The summed E-state index contributed by atoms with van der Waals surface area (Å²) in [6, 6.07) is 0.262. The highest BCUT2D eigenvalue weighted by molar-refractivity contribution is 4.94. The van der Waals surface area contributed by atoms with Gasteiger partial charge >= 0.3 is 0 Å². The van der Waals surface area contributed by atoms with Crippen molar-refractivity contribution in [3.8, 4) is 0 Å². The summed E-state index contributed by atoms with van der Waals surface area (Å²) in [5.74, 6) is 6.24. The van der Waals surface area contributed by atoms with Crippen LogP contribution in [-0.4, -0.2) is 43.3 Å². The van der Waals surface area contributed by atoms with E-state index >= 15 is 0 Å². The molecule has 0 aromatic heterocycles. The zero-order valence-electron chi connectivity index (χ0n) is 12.4. The topological polar surface area (TPSA) is 50.5 Å². The smallest absolute Gasteiger partial charge is 0.0465 e. The summed E-state index contributed by atoms with van der Waals surface area (Å²) in [7, 11) is 1.74. The number of nitrogens with two attached hydrogens (primary N) is 1. The van der Waals surface area contributed by atoms with E-state index in [1.165, 1.54) is 0 Å². The monoisotopic (exact) mass is 245 g/mol. The Morgan fingerprint density at radius 2 is 1.82 bits per heavy atom. The second-order valence-corrected chi connectivity index (χ2v) is 5.23. The highest BCUT2D eigenvalue weighted by Gasteiger charge is 2.36. The Morgan fingerprint density at radius 3 is 2.18 bits per heavy atom. The van der Waals surface area contributed by atoms with Crippen LogP contribution in [0.25, 0.3) is 0 Å². The van der Waals surface area contributed by atoms with Crippen LogP contribution in [0.5, 0.6) is 0 Å². The standard InChI is InChI=1S/C13H31N3O/c1-7-16(8-2)13(4,5)12(15-14)11(3)9-10-17-6/h11-12,15H,7-10,14H2,1-6H3. The summed E-state index contributed by atoms with van der Waals surface area (Å²) < 4.78 is 5.15. The van der Waals surface area contributed by atoms with Gasteiger partial charge in [-0.15, -0.1) is 0 Å². The van der Waals surface area contributed by atoms with Crippen molar-refractivity contribution in [1.82, 2.24) is 10.3 Å². The van der Waals surface area contributed by atoms with Gasteiger partial charge in [-0.25, -0.2) is 0 Å². The maximum Gasteiger partial charge on any atom is 0.0465 e. The minimum Gasteiger partial charge on any atom is -0.385 e. The molecule has 4 nitrogen and oxygen atoms in total. The first kappa shape index (κ1) is 16.8. The van der Waals surface area contributed by atoms with Gasteiger partial charge in [-0.2, -0.15) is 0 Å². The Kier molecular flexibility index (Phi) is 7.96. The molecule has 0 aliphatic carbocycles. The van der Waals surface area contributed by atoms with E-state index in [1.54, 1.807) is 7.11 Å². The molecule has 2 atom stereocenters. The molecular weight excluding hydrogens is 214 g/mol. The largest absolute Gasteiger partial charge is 0.385 e. The molecule has 0 spiro atoms. The van der Waals surface area contributed by atoms with Crippen LogP contribution in [0.15, 0.2) is 0 Å². The van der Waals surface area contributed by atoms with Crippen LogP contribution in [0.3, 0.4) is 0 Å². The molecule has 104 valence electrons. The molecule has 0 saturated heterocycles. The lowest BCUT2D eigenvalue weighted by Gasteiger charge is -2.45. The van der Waals surface area contributed by atoms with Crippen LogP contribution in [0.2, 0.25) is 0 Å². The molecule has 2 unspecified atom stereocenters. The van der Waals surface area contributed by atoms with Crippen molar-refractivity contribution in [3.05, 3.63) is 0 Å². The molecule has 0 aliphatic rings. The van der Waals surface area contributed by atoms with Gasteiger partial charge < -0.3 is 4.74 Å². The minimum absolute atomic E-state index is 0.0470.